The molecule has 0 spiro atoms. The van der Waals surface area contributed by atoms with Gasteiger partial charge >= 0.3 is 0 Å². The zero-order chi connectivity index (χ0) is 23.6. The van der Waals surface area contributed by atoms with E-state index in [4.69, 9.17) is 4.74 Å². The fourth-order valence-corrected chi connectivity index (χ4v) is 4.31. The molecule has 1 aliphatic heterocycles. The van der Waals surface area contributed by atoms with E-state index in [1.807, 2.05) is 48.7 Å². The molecule has 0 fully saturated rings. The Morgan fingerprint density at radius 2 is 1.91 bits per heavy atom. The lowest BCUT2D eigenvalue weighted by atomic mass is 9.93. The average Bonchev–Trinajstić information content (AvgIpc) is 3.16. The SMILES string of the molecule is CC(C)OCCCNC(=O)C1(C)Cn2c(cc3ccccc32)C(=O)N1Cc1ccc(F)cc1. The summed E-state index contributed by atoms with van der Waals surface area (Å²) in [6.07, 6.45) is 0.824. The number of para-hydroxylation sites is 1. The second-order valence-corrected chi connectivity index (χ2v) is 9.00. The van der Waals surface area contributed by atoms with E-state index >= 15 is 0 Å². The minimum atomic E-state index is -1.11. The van der Waals surface area contributed by atoms with Crippen molar-refractivity contribution in [2.45, 2.75) is 51.9 Å². The summed E-state index contributed by atoms with van der Waals surface area (Å²) in [6.45, 7) is 7.29. The Morgan fingerprint density at radius 3 is 2.64 bits per heavy atom. The van der Waals surface area contributed by atoms with E-state index in [1.165, 1.54) is 12.1 Å². The lowest BCUT2D eigenvalue weighted by molar-refractivity contribution is -0.133. The number of aromatic nitrogens is 1. The molecular formula is C26H30FN3O3. The second-order valence-electron chi connectivity index (χ2n) is 9.00. The lowest BCUT2D eigenvalue weighted by Gasteiger charge is -2.44. The van der Waals surface area contributed by atoms with Crippen molar-refractivity contribution >= 4 is 22.7 Å². The van der Waals surface area contributed by atoms with Crippen molar-refractivity contribution in [2.24, 2.45) is 0 Å². The molecule has 174 valence electrons. The number of ether oxygens (including phenoxy) is 1. The van der Waals surface area contributed by atoms with Crippen molar-refractivity contribution in [3.05, 3.63) is 71.7 Å². The van der Waals surface area contributed by atoms with Crippen molar-refractivity contribution < 1.29 is 18.7 Å². The van der Waals surface area contributed by atoms with Crippen molar-refractivity contribution in [3.63, 3.8) is 0 Å². The number of rotatable bonds is 8. The molecule has 3 aromatic rings. The Labute approximate surface area is 193 Å². The predicted octanol–water partition coefficient (Wildman–Crippen LogP) is 4.13. The van der Waals surface area contributed by atoms with Crippen LogP contribution in [-0.4, -0.2) is 46.1 Å². The highest BCUT2D eigenvalue weighted by atomic mass is 19.1. The Bertz CT molecular complexity index is 1160. The van der Waals surface area contributed by atoms with E-state index in [2.05, 4.69) is 5.32 Å². The fourth-order valence-electron chi connectivity index (χ4n) is 4.31. The van der Waals surface area contributed by atoms with Crippen LogP contribution in [0.4, 0.5) is 4.39 Å². The molecule has 0 radical (unpaired) electrons. The largest absolute Gasteiger partial charge is 0.379 e. The quantitative estimate of drug-likeness (QED) is 0.524. The highest BCUT2D eigenvalue weighted by Gasteiger charge is 2.47. The van der Waals surface area contributed by atoms with Crippen LogP contribution in [0.2, 0.25) is 0 Å². The summed E-state index contributed by atoms with van der Waals surface area (Å²) in [7, 11) is 0. The van der Waals surface area contributed by atoms with Gasteiger partial charge in [-0.15, -0.1) is 0 Å². The first-order chi connectivity index (χ1) is 15.8. The standard InChI is InChI=1S/C26H30FN3O3/c1-18(2)33-14-6-13-28-25(32)26(3)17-29-22-8-5-4-7-20(22)15-23(29)24(31)30(26)16-19-9-11-21(27)12-10-19/h4-5,7-12,15,18H,6,13-14,16-17H2,1-3H3,(H,28,32). The molecule has 2 aromatic carbocycles. The smallest absolute Gasteiger partial charge is 0.271 e. The Kier molecular flexibility index (Phi) is 6.51. The summed E-state index contributed by atoms with van der Waals surface area (Å²) in [5.41, 5.74) is 1.12. The maximum absolute atomic E-state index is 13.7. The fraction of sp³-hybridized carbons (Fsp3) is 0.385. The van der Waals surface area contributed by atoms with Crippen molar-refractivity contribution in [2.75, 3.05) is 13.2 Å². The van der Waals surface area contributed by atoms with E-state index in [0.717, 1.165) is 16.5 Å². The van der Waals surface area contributed by atoms with Gasteiger partial charge in [-0.3, -0.25) is 9.59 Å². The van der Waals surface area contributed by atoms with E-state index < -0.39 is 5.54 Å². The van der Waals surface area contributed by atoms with Crippen LogP contribution in [0.5, 0.6) is 0 Å². The van der Waals surface area contributed by atoms with Crippen LogP contribution in [-0.2, 0) is 22.6 Å². The van der Waals surface area contributed by atoms with Crippen LogP contribution >= 0.6 is 0 Å². The number of nitrogens with one attached hydrogen (secondary N) is 1. The summed E-state index contributed by atoms with van der Waals surface area (Å²) < 4.78 is 20.9. The molecule has 7 heteroatoms. The zero-order valence-corrected chi connectivity index (χ0v) is 19.3. The van der Waals surface area contributed by atoms with E-state index in [0.29, 0.717) is 31.8 Å². The van der Waals surface area contributed by atoms with Gasteiger partial charge in [-0.2, -0.15) is 0 Å². The molecule has 4 rings (SSSR count). The lowest BCUT2D eigenvalue weighted by Crippen LogP contribution is -2.63. The normalized spacial score (nSPS) is 18.1. The van der Waals surface area contributed by atoms with Crippen LogP contribution in [0.25, 0.3) is 10.9 Å². The molecule has 1 aliphatic rings. The van der Waals surface area contributed by atoms with Crippen LogP contribution in [0.1, 0.15) is 43.2 Å². The van der Waals surface area contributed by atoms with E-state index in [1.54, 1.807) is 24.0 Å². The van der Waals surface area contributed by atoms with Crippen LogP contribution in [0.3, 0.4) is 0 Å². The molecule has 0 saturated heterocycles. The molecule has 1 N–H and O–H groups in total. The molecule has 2 heterocycles. The zero-order valence-electron chi connectivity index (χ0n) is 19.3. The van der Waals surface area contributed by atoms with Gasteiger partial charge in [0.05, 0.1) is 12.6 Å². The topological polar surface area (TPSA) is 63.6 Å². The first-order valence-corrected chi connectivity index (χ1v) is 11.3. The molecule has 0 aliphatic carbocycles. The Hall–Kier alpha value is -3.19. The number of hydrogen-bond acceptors (Lipinski definition) is 3. The third-order valence-electron chi connectivity index (χ3n) is 6.14. The third-order valence-corrected chi connectivity index (χ3v) is 6.14. The van der Waals surface area contributed by atoms with Gasteiger partial charge in [0, 0.05) is 30.6 Å². The third kappa shape index (κ3) is 4.64. The molecule has 33 heavy (non-hydrogen) atoms. The van der Waals surface area contributed by atoms with Gasteiger partial charge in [0.2, 0.25) is 5.91 Å². The number of halogens is 1. The molecular weight excluding hydrogens is 421 g/mol. The second kappa shape index (κ2) is 9.35. The van der Waals surface area contributed by atoms with Gasteiger partial charge in [-0.1, -0.05) is 30.3 Å². The monoisotopic (exact) mass is 451 g/mol. The summed E-state index contributed by atoms with van der Waals surface area (Å²) >= 11 is 0. The van der Waals surface area contributed by atoms with Gasteiger partial charge in [0.25, 0.3) is 5.91 Å². The van der Waals surface area contributed by atoms with Crippen molar-refractivity contribution in [1.29, 1.82) is 0 Å². The molecule has 0 saturated carbocycles. The number of carbonyl (C=O) groups excluding carboxylic acids is 2. The maximum atomic E-state index is 13.7. The average molecular weight is 452 g/mol. The van der Waals surface area contributed by atoms with Gasteiger partial charge in [-0.05, 0) is 57.0 Å². The molecule has 1 aromatic heterocycles. The molecule has 0 bridgehead atoms. The number of amides is 2. The van der Waals surface area contributed by atoms with Crippen LogP contribution in [0.15, 0.2) is 54.6 Å². The predicted molar refractivity (Wildman–Crippen MR) is 125 cm³/mol. The molecule has 2 amide bonds. The Balaban J connectivity index is 1.64. The molecule has 1 atom stereocenters. The minimum Gasteiger partial charge on any atom is -0.379 e. The van der Waals surface area contributed by atoms with Gasteiger partial charge in [0.1, 0.15) is 17.1 Å². The summed E-state index contributed by atoms with van der Waals surface area (Å²) in [5.74, 6) is -0.776. The number of nitrogens with zero attached hydrogens (tertiary/aromatic N) is 2. The number of carbonyl (C=O) groups is 2. The molecule has 1 unspecified atom stereocenters. The summed E-state index contributed by atoms with van der Waals surface area (Å²) in [5, 5.41) is 3.95. The van der Waals surface area contributed by atoms with E-state index in [-0.39, 0.29) is 30.3 Å². The van der Waals surface area contributed by atoms with Crippen molar-refractivity contribution in [1.82, 2.24) is 14.8 Å². The van der Waals surface area contributed by atoms with Gasteiger partial charge in [0.15, 0.2) is 0 Å². The highest BCUT2D eigenvalue weighted by molar-refractivity contribution is 6.03. The first kappa shape index (κ1) is 23.0. The minimum absolute atomic E-state index is 0.140. The first-order valence-electron chi connectivity index (χ1n) is 11.3. The number of benzene rings is 2. The van der Waals surface area contributed by atoms with Gasteiger partial charge in [-0.25, -0.2) is 4.39 Å². The Morgan fingerprint density at radius 1 is 1.18 bits per heavy atom. The summed E-state index contributed by atoms with van der Waals surface area (Å²) in [6, 6.07) is 15.7. The summed E-state index contributed by atoms with van der Waals surface area (Å²) in [4.78, 5) is 28.7. The van der Waals surface area contributed by atoms with Crippen molar-refractivity contribution in [3.8, 4) is 0 Å². The maximum Gasteiger partial charge on any atom is 0.271 e. The number of fused-ring (bicyclic) bond motifs is 3. The van der Waals surface area contributed by atoms with Gasteiger partial charge < -0.3 is 19.5 Å². The van der Waals surface area contributed by atoms with Crippen LogP contribution in [0, 0.1) is 5.82 Å². The van der Waals surface area contributed by atoms with E-state index in [9.17, 15) is 14.0 Å². The van der Waals surface area contributed by atoms with Crippen LogP contribution < -0.4 is 5.32 Å². The number of hydrogen-bond donors (Lipinski definition) is 1. The highest BCUT2D eigenvalue weighted by Crippen LogP contribution is 2.33. The molecule has 6 nitrogen and oxygen atoms in total.